The van der Waals surface area contributed by atoms with E-state index in [1.807, 2.05) is 30.3 Å². The minimum absolute atomic E-state index is 0.202. The van der Waals surface area contributed by atoms with Crippen LogP contribution in [0.4, 0.5) is 0 Å². The number of hydrogen-bond donors (Lipinski definition) is 0. The lowest BCUT2D eigenvalue weighted by Gasteiger charge is -2.30. The van der Waals surface area contributed by atoms with Crippen LogP contribution >= 0.6 is 11.6 Å². The number of ether oxygens (including phenoxy) is 1. The van der Waals surface area contributed by atoms with Gasteiger partial charge in [0.05, 0.1) is 24.0 Å². The molecule has 1 saturated heterocycles. The molecule has 0 saturated carbocycles. The quantitative estimate of drug-likeness (QED) is 0.798. The maximum atomic E-state index is 12.5. The molecule has 6 nitrogen and oxygen atoms in total. The Morgan fingerprint density at radius 1 is 1.20 bits per heavy atom. The molecule has 2 aromatic rings. The van der Waals surface area contributed by atoms with Gasteiger partial charge >= 0.3 is 6.01 Å². The lowest BCUT2D eigenvalue weighted by Crippen LogP contribution is -2.43. The summed E-state index contributed by atoms with van der Waals surface area (Å²) in [5, 5.41) is 1.66. The van der Waals surface area contributed by atoms with E-state index >= 15 is 0 Å². The molecule has 0 radical (unpaired) electrons. The number of hydrogen-bond acceptors (Lipinski definition) is 5. The number of nitrogens with zero attached hydrogens (tertiary/aromatic N) is 3. The van der Waals surface area contributed by atoms with E-state index < -0.39 is 10.0 Å². The zero-order valence-corrected chi connectivity index (χ0v) is 15.0. The van der Waals surface area contributed by atoms with Crippen LogP contribution < -0.4 is 4.74 Å². The molecular formula is C17H18ClN3O3S. The number of benzene rings is 1. The fourth-order valence-corrected chi connectivity index (χ4v) is 3.91. The van der Waals surface area contributed by atoms with E-state index in [2.05, 4.69) is 9.97 Å². The molecule has 0 amide bonds. The standard InChI is InChI=1S/C17H18ClN3O3S/c18-15-11-19-17(20-12-15)24-16-7-4-9-21(13-16)25(22,23)10-8-14-5-2-1-3-6-14/h1-3,5-6,8,10-12,16H,4,7,9,13H2/b10-8+/t16-/m0/s1. The first-order chi connectivity index (χ1) is 12.0. The highest BCUT2D eigenvalue weighted by Gasteiger charge is 2.28. The predicted octanol–water partition coefficient (Wildman–Crippen LogP) is 2.97. The van der Waals surface area contributed by atoms with Crippen LogP contribution in [-0.4, -0.2) is 41.9 Å². The molecular weight excluding hydrogens is 362 g/mol. The molecule has 1 aliphatic heterocycles. The molecule has 0 bridgehead atoms. The summed E-state index contributed by atoms with van der Waals surface area (Å²) in [6.07, 6.45) is 5.68. The molecule has 0 unspecified atom stereocenters. The molecule has 25 heavy (non-hydrogen) atoms. The average Bonchev–Trinajstić information content (AvgIpc) is 2.63. The van der Waals surface area contributed by atoms with E-state index in [0.29, 0.717) is 11.6 Å². The summed E-state index contributed by atoms with van der Waals surface area (Å²) in [5.74, 6) is 0. The van der Waals surface area contributed by atoms with Gasteiger partial charge in [-0.1, -0.05) is 41.9 Å². The van der Waals surface area contributed by atoms with Crippen LogP contribution in [0.2, 0.25) is 5.02 Å². The van der Waals surface area contributed by atoms with Gasteiger partial charge in [-0.15, -0.1) is 0 Å². The second kappa shape index (κ2) is 7.95. The van der Waals surface area contributed by atoms with E-state index in [-0.39, 0.29) is 18.7 Å². The van der Waals surface area contributed by atoms with E-state index in [9.17, 15) is 8.42 Å². The van der Waals surface area contributed by atoms with Gasteiger partial charge in [0, 0.05) is 12.0 Å². The molecule has 8 heteroatoms. The number of halogens is 1. The first-order valence-electron chi connectivity index (χ1n) is 7.90. The van der Waals surface area contributed by atoms with Gasteiger partial charge in [-0.05, 0) is 24.5 Å². The number of aromatic nitrogens is 2. The molecule has 0 N–H and O–H groups in total. The fourth-order valence-electron chi connectivity index (χ4n) is 2.56. The number of piperidine rings is 1. The summed E-state index contributed by atoms with van der Waals surface area (Å²) in [5.41, 5.74) is 0.838. The molecule has 1 aromatic heterocycles. The Balaban J connectivity index is 1.65. The highest BCUT2D eigenvalue weighted by Crippen LogP contribution is 2.19. The Labute approximate surface area is 152 Å². The summed E-state index contributed by atoms with van der Waals surface area (Å²) in [6.45, 7) is 0.746. The van der Waals surface area contributed by atoms with Crippen molar-refractivity contribution in [2.45, 2.75) is 18.9 Å². The van der Waals surface area contributed by atoms with Gasteiger partial charge in [0.2, 0.25) is 10.0 Å². The van der Waals surface area contributed by atoms with Crippen molar-refractivity contribution in [1.82, 2.24) is 14.3 Å². The van der Waals surface area contributed by atoms with Crippen LogP contribution in [0.5, 0.6) is 6.01 Å². The Kier molecular flexibility index (Phi) is 5.67. The van der Waals surface area contributed by atoms with Crippen molar-refractivity contribution in [2.24, 2.45) is 0 Å². The summed E-state index contributed by atoms with van der Waals surface area (Å²) in [4.78, 5) is 7.98. The van der Waals surface area contributed by atoms with Crippen molar-refractivity contribution in [3.8, 4) is 6.01 Å². The van der Waals surface area contributed by atoms with Crippen LogP contribution in [0, 0.1) is 0 Å². The Morgan fingerprint density at radius 2 is 1.92 bits per heavy atom. The third-order valence-electron chi connectivity index (χ3n) is 3.80. The maximum Gasteiger partial charge on any atom is 0.316 e. The van der Waals surface area contributed by atoms with Gasteiger partial charge in [0.25, 0.3) is 0 Å². The van der Waals surface area contributed by atoms with Crippen molar-refractivity contribution in [3.63, 3.8) is 0 Å². The predicted molar refractivity (Wildman–Crippen MR) is 96.7 cm³/mol. The minimum atomic E-state index is -3.50. The van der Waals surface area contributed by atoms with Crippen LogP contribution in [0.15, 0.2) is 48.1 Å². The molecule has 1 fully saturated rings. The van der Waals surface area contributed by atoms with Gasteiger partial charge in [0.1, 0.15) is 6.10 Å². The molecule has 1 aromatic carbocycles. The van der Waals surface area contributed by atoms with Crippen molar-refractivity contribution in [2.75, 3.05) is 13.1 Å². The molecule has 1 atom stereocenters. The number of rotatable bonds is 5. The van der Waals surface area contributed by atoms with Gasteiger partial charge in [-0.3, -0.25) is 0 Å². The summed E-state index contributed by atoms with van der Waals surface area (Å²) >= 11 is 5.75. The number of sulfonamides is 1. The van der Waals surface area contributed by atoms with Gasteiger partial charge in [-0.2, -0.15) is 4.31 Å². The van der Waals surface area contributed by atoms with Crippen molar-refractivity contribution in [3.05, 3.63) is 58.7 Å². The highest BCUT2D eigenvalue weighted by molar-refractivity contribution is 7.92. The monoisotopic (exact) mass is 379 g/mol. The molecule has 1 aliphatic rings. The topological polar surface area (TPSA) is 72.4 Å². The first-order valence-corrected chi connectivity index (χ1v) is 9.78. The Morgan fingerprint density at radius 3 is 2.64 bits per heavy atom. The molecule has 132 valence electrons. The van der Waals surface area contributed by atoms with E-state index in [4.69, 9.17) is 16.3 Å². The van der Waals surface area contributed by atoms with Crippen LogP contribution in [0.3, 0.4) is 0 Å². The second-order valence-corrected chi connectivity index (χ2v) is 7.94. The zero-order valence-electron chi connectivity index (χ0n) is 13.5. The van der Waals surface area contributed by atoms with E-state index in [1.54, 1.807) is 6.08 Å². The summed E-state index contributed by atoms with van der Waals surface area (Å²) in [7, 11) is -3.50. The van der Waals surface area contributed by atoms with E-state index in [1.165, 1.54) is 22.1 Å². The normalized spacial score (nSPS) is 19.2. The molecule has 2 heterocycles. The third kappa shape index (κ3) is 5.01. The van der Waals surface area contributed by atoms with Crippen molar-refractivity contribution in [1.29, 1.82) is 0 Å². The SMILES string of the molecule is O=S(=O)(/C=C/c1ccccc1)N1CCC[C@H](Oc2ncc(Cl)cn2)C1. The van der Waals surface area contributed by atoms with Gasteiger partial charge in [-0.25, -0.2) is 18.4 Å². The smallest absolute Gasteiger partial charge is 0.316 e. The fraction of sp³-hybridized carbons (Fsp3) is 0.294. The zero-order chi connectivity index (χ0) is 17.7. The molecule has 0 aliphatic carbocycles. The maximum absolute atomic E-state index is 12.5. The third-order valence-corrected chi connectivity index (χ3v) is 5.53. The van der Waals surface area contributed by atoms with E-state index in [0.717, 1.165) is 18.4 Å². The first kappa shape index (κ1) is 17.8. The minimum Gasteiger partial charge on any atom is -0.459 e. The van der Waals surface area contributed by atoms with Gasteiger partial charge < -0.3 is 4.74 Å². The lowest BCUT2D eigenvalue weighted by atomic mass is 10.1. The molecule has 0 spiro atoms. The summed E-state index contributed by atoms with van der Waals surface area (Å²) < 4.78 is 32.2. The van der Waals surface area contributed by atoms with Gasteiger partial charge in [0.15, 0.2) is 0 Å². The van der Waals surface area contributed by atoms with Crippen LogP contribution in [-0.2, 0) is 10.0 Å². The average molecular weight is 380 g/mol. The van der Waals surface area contributed by atoms with Crippen LogP contribution in [0.1, 0.15) is 18.4 Å². The van der Waals surface area contributed by atoms with Crippen molar-refractivity contribution < 1.29 is 13.2 Å². The summed E-state index contributed by atoms with van der Waals surface area (Å²) in [6, 6.07) is 9.52. The molecule has 3 rings (SSSR count). The Bertz CT molecular complexity index is 826. The van der Waals surface area contributed by atoms with Crippen LogP contribution in [0.25, 0.3) is 6.08 Å². The highest BCUT2D eigenvalue weighted by atomic mass is 35.5. The largest absolute Gasteiger partial charge is 0.459 e. The lowest BCUT2D eigenvalue weighted by molar-refractivity contribution is 0.120. The van der Waals surface area contributed by atoms with Crippen molar-refractivity contribution >= 4 is 27.7 Å². The Hall–Kier alpha value is -1.96. The second-order valence-electron chi connectivity index (χ2n) is 5.68.